The normalized spacial score (nSPS) is 15.9. The van der Waals surface area contributed by atoms with E-state index in [1.807, 2.05) is 63.2 Å². The minimum atomic E-state index is -0.320. The molecule has 3 aromatic carbocycles. The van der Waals surface area contributed by atoms with Crippen LogP contribution in [0.5, 0.6) is 17.2 Å². The van der Waals surface area contributed by atoms with Crippen LogP contribution in [-0.2, 0) is 11.2 Å². The van der Waals surface area contributed by atoms with Crippen LogP contribution in [0.3, 0.4) is 0 Å². The summed E-state index contributed by atoms with van der Waals surface area (Å²) in [6, 6.07) is 15.8. The molecule has 156 valence electrons. The number of hydrogen-bond donors (Lipinski definition) is 1. The Bertz CT molecular complexity index is 1090. The van der Waals surface area contributed by atoms with Crippen LogP contribution in [0, 0.1) is 0 Å². The number of rotatable bonds is 6. The van der Waals surface area contributed by atoms with Crippen LogP contribution >= 0.6 is 0 Å². The summed E-state index contributed by atoms with van der Waals surface area (Å²) in [5.41, 5.74) is 2.71. The summed E-state index contributed by atoms with van der Waals surface area (Å²) in [4.78, 5) is 13.0. The van der Waals surface area contributed by atoms with Gasteiger partial charge in [-0.15, -0.1) is 0 Å². The highest BCUT2D eigenvalue weighted by atomic mass is 16.5. The van der Waals surface area contributed by atoms with E-state index in [2.05, 4.69) is 11.4 Å². The molecule has 5 nitrogen and oxygen atoms in total. The monoisotopic (exact) mass is 405 g/mol. The molecule has 0 saturated heterocycles. The quantitative estimate of drug-likeness (QED) is 0.604. The van der Waals surface area contributed by atoms with Gasteiger partial charge >= 0.3 is 0 Å². The molecule has 1 unspecified atom stereocenters. The van der Waals surface area contributed by atoms with Gasteiger partial charge in [0.15, 0.2) is 0 Å². The van der Waals surface area contributed by atoms with Crippen LogP contribution in [0.15, 0.2) is 48.5 Å². The first-order valence-electron chi connectivity index (χ1n) is 10.3. The van der Waals surface area contributed by atoms with Crippen molar-refractivity contribution < 1.29 is 19.0 Å². The molecular weight excluding hydrogens is 378 g/mol. The van der Waals surface area contributed by atoms with Gasteiger partial charge in [0.1, 0.15) is 23.4 Å². The van der Waals surface area contributed by atoms with Crippen molar-refractivity contribution in [1.82, 2.24) is 0 Å². The SMILES string of the molecule is CCOc1cc2c(cc1NC(=O)[C@@H](C)c1ccc3cc(OC)ccc3c1)OC(C)C2. The predicted molar refractivity (Wildman–Crippen MR) is 119 cm³/mol. The topological polar surface area (TPSA) is 56.8 Å². The van der Waals surface area contributed by atoms with Crippen molar-refractivity contribution in [1.29, 1.82) is 0 Å². The van der Waals surface area contributed by atoms with Gasteiger partial charge in [0.05, 0.1) is 25.3 Å². The lowest BCUT2D eigenvalue weighted by molar-refractivity contribution is -0.117. The molecule has 3 aromatic rings. The molecule has 0 spiro atoms. The van der Waals surface area contributed by atoms with Gasteiger partial charge in [0.2, 0.25) is 5.91 Å². The molecule has 0 fully saturated rings. The van der Waals surface area contributed by atoms with Gasteiger partial charge in [0.25, 0.3) is 0 Å². The van der Waals surface area contributed by atoms with Gasteiger partial charge in [-0.1, -0.05) is 24.3 Å². The molecule has 0 radical (unpaired) electrons. The number of nitrogens with one attached hydrogen (secondary N) is 1. The van der Waals surface area contributed by atoms with Crippen LogP contribution < -0.4 is 19.5 Å². The van der Waals surface area contributed by atoms with Crippen LogP contribution in [0.25, 0.3) is 10.8 Å². The van der Waals surface area contributed by atoms with Crippen molar-refractivity contribution >= 4 is 22.4 Å². The average molecular weight is 405 g/mol. The number of anilines is 1. The third kappa shape index (κ3) is 3.92. The molecule has 30 heavy (non-hydrogen) atoms. The van der Waals surface area contributed by atoms with E-state index in [1.54, 1.807) is 7.11 Å². The first-order valence-corrected chi connectivity index (χ1v) is 10.3. The van der Waals surface area contributed by atoms with Crippen molar-refractivity contribution in [2.75, 3.05) is 19.0 Å². The highest BCUT2D eigenvalue weighted by Crippen LogP contribution is 2.38. The maximum Gasteiger partial charge on any atom is 0.231 e. The summed E-state index contributed by atoms with van der Waals surface area (Å²) in [6.07, 6.45) is 0.984. The van der Waals surface area contributed by atoms with E-state index in [4.69, 9.17) is 14.2 Å². The van der Waals surface area contributed by atoms with Crippen molar-refractivity contribution in [3.8, 4) is 17.2 Å². The predicted octanol–water partition coefficient (Wildman–Crippen LogP) is 5.31. The zero-order valence-corrected chi connectivity index (χ0v) is 17.8. The van der Waals surface area contributed by atoms with Gasteiger partial charge in [-0.05, 0) is 55.3 Å². The van der Waals surface area contributed by atoms with E-state index < -0.39 is 0 Å². The third-order valence-electron chi connectivity index (χ3n) is 5.52. The van der Waals surface area contributed by atoms with Crippen molar-refractivity contribution in [2.24, 2.45) is 0 Å². The fourth-order valence-electron chi connectivity index (χ4n) is 3.84. The standard InChI is InChI=1S/C25H27NO4/c1-5-29-24-13-20-10-15(2)30-23(20)14-22(24)26-25(27)16(3)17-6-7-19-12-21(28-4)9-8-18(19)11-17/h6-9,11-16H,5,10H2,1-4H3,(H,26,27)/t15?,16-/m0/s1. The average Bonchev–Trinajstić information content (AvgIpc) is 3.11. The second-order valence-electron chi connectivity index (χ2n) is 7.71. The smallest absolute Gasteiger partial charge is 0.231 e. The minimum Gasteiger partial charge on any atom is -0.497 e. The van der Waals surface area contributed by atoms with Crippen LogP contribution in [0.4, 0.5) is 5.69 Å². The van der Waals surface area contributed by atoms with Gasteiger partial charge in [-0.3, -0.25) is 4.79 Å². The summed E-state index contributed by atoms with van der Waals surface area (Å²) >= 11 is 0. The molecule has 0 aliphatic carbocycles. The minimum absolute atomic E-state index is 0.0881. The molecule has 2 atom stereocenters. The number of benzene rings is 3. The fourth-order valence-corrected chi connectivity index (χ4v) is 3.84. The van der Waals surface area contributed by atoms with E-state index in [9.17, 15) is 4.79 Å². The van der Waals surface area contributed by atoms with E-state index in [0.29, 0.717) is 18.0 Å². The number of hydrogen-bond acceptors (Lipinski definition) is 4. The van der Waals surface area contributed by atoms with Gasteiger partial charge < -0.3 is 19.5 Å². The van der Waals surface area contributed by atoms with Crippen molar-refractivity contribution in [3.05, 3.63) is 59.7 Å². The molecule has 5 heteroatoms. The first-order chi connectivity index (χ1) is 14.5. The molecule has 0 aromatic heterocycles. The summed E-state index contributed by atoms with van der Waals surface area (Å²) in [7, 11) is 1.66. The van der Waals surface area contributed by atoms with Gasteiger partial charge in [-0.25, -0.2) is 0 Å². The molecule has 1 N–H and O–H groups in total. The molecule has 1 aliphatic heterocycles. The first kappa shape index (κ1) is 20.1. The second-order valence-corrected chi connectivity index (χ2v) is 7.71. The summed E-state index contributed by atoms with van der Waals surface area (Å²) in [5, 5.41) is 5.19. The van der Waals surface area contributed by atoms with E-state index in [0.717, 1.165) is 39.8 Å². The van der Waals surface area contributed by atoms with E-state index in [-0.39, 0.29) is 17.9 Å². The summed E-state index contributed by atoms with van der Waals surface area (Å²) < 4.78 is 16.9. The maximum absolute atomic E-state index is 13.0. The largest absolute Gasteiger partial charge is 0.497 e. The summed E-state index contributed by atoms with van der Waals surface area (Å²) in [6.45, 7) is 6.41. The molecule has 1 heterocycles. The molecule has 1 amide bonds. The highest BCUT2D eigenvalue weighted by Gasteiger charge is 2.24. The zero-order chi connectivity index (χ0) is 21.3. The molecule has 0 bridgehead atoms. The Kier molecular flexibility index (Phi) is 5.53. The molecule has 1 aliphatic rings. The van der Waals surface area contributed by atoms with E-state index >= 15 is 0 Å². The molecule has 0 saturated carbocycles. The third-order valence-corrected chi connectivity index (χ3v) is 5.52. The lowest BCUT2D eigenvalue weighted by atomic mass is 9.97. The summed E-state index contributed by atoms with van der Waals surface area (Å²) in [5.74, 6) is 1.90. The number of fused-ring (bicyclic) bond motifs is 2. The zero-order valence-electron chi connectivity index (χ0n) is 17.8. The van der Waals surface area contributed by atoms with Gasteiger partial charge in [-0.2, -0.15) is 0 Å². The Morgan fingerprint density at radius 3 is 2.70 bits per heavy atom. The number of carbonyl (C=O) groups is 1. The van der Waals surface area contributed by atoms with Gasteiger partial charge in [0, 0.05) is 18.1 Å². The van der Waals surface area contributed by atoms with Crippen LogP contribution in [0.2, 0.25) is 0 Å². The highest BCUT2D eigenvalue weighted by molar-refractivity contribution is 5.98. The van der Waals surface area contributed by atoms with Crippen molar-refractivity contribution in [2.45, 2.75) is 39.2 Å². The Labute approximate surface area is 177 Å². The van der Waals surface area contributed by atoms with Crippen molar-refractivity contribution in [3.63, 3.8) is 0 Å². The number of amides is 1. The maximum atomic E-state index is 13.0. The van der Waals surface area contributed by atoms with E-state index in [1.165, 1.54) is 0 Å². The number of methoxy groups -OCH3 is 1. The fraction of sp³-hybridized carbons (Fsp3) is 0.320. The molecular formula is C25H27NO4. The van der Waals surface area contributed by atoms with Crippen LogP contribution in [0.1, 0.15) is 37.8 Å². The Morgan fingerprint density at radius 1 is 1.17 bits per heavy atom. The second kappa shape index (κ2) is 8.27. The van der Waals surface area contributed by atoms with Crippen LogP contribution in [-0.4, -0.2) is 25.7 Å². The number of carbonyl (C=O) groups excluding carboxylic acids is 1. The molecule has 4 rings (SSSR count). The lowest BCUT2D eigenvalue weighted by Gasteiger charge is -2.17. The lowest BCUT2D eigenvalue weighted by Crippen LogP contribution is -2.19. The Balaban J connectivity index is 1.58. The number of ether oxygens (including phenoxy) is 3. The Morgan fingerprint density at radius 2 is 1.93 bits per heavy atom. The Hall–Kier alpha value is -3.21.